The van der Waals surface area contributed by atoms with Crippen molar-refractivity contribution in [2.75, 3.05) is 0 Å². The lowest BCUT2D eigenvalue weighted by atomic mass is 9.90. The molecule has 98 valence electrons. The monoisotopic (exact) mass is 276 g/mol. The average molecular weight is 277 g/mol. The number of aryl methyl sites for hydroxylation is 1. The number of benzene rings is 1. The number of rotatable bonds is 2. The van der Waals surface area contributed by atoms with Gasteiger partial charge in [0.15, 0.2) is 0 Å². The molecular formula is C14H13ClN2O2. The number of carbonyl (C=O) groups is 1. The largest absolute Gasteiger partial charge is 0.481 e. The van der Waals surface area contributed by atoms with Gasteiger partial charge < -0.3 is 10.1 Å². The highest BCUT2D eigenvalue weighted by molar-refractivity contribution is 6.30. The predicted octanol–water partition coefficient (Wildman–Crippen LogP) is 3.23. The zero-order valence-electron chi connectivity index (χ0n) is 10.2. The molecule has 1 heterocycles. The Labute approximate surface area is 115 Å². The Morgan fingerprint density at radius 2 is 2.11 bits per heavy atom. The van der Waals surface area contributed by atoms with E-state index < -0.39 is 11.9 Å². The summed E-state index contributed by atoms with van der Waals surface area (Å²) in [6.07, 6.45) is 2.40. The number of nitrogens with one attached hydrogen (secondary N) is 1. The normalized spacial score (nSPS) is 18.1. The lowest BCUT2D eigenvalue weighted by Gasteiger charge is -2.16. The molecule has 19 heavy (non-hydrogen) atoms. The van der Waals surface area contributed by atoms with E-state index in [1.807, 2.05) is 12.1 Å². The van der Waals surface area contributed by atoms with Gasteiger partial charge in [0, 0.05) is 16.3 Å². The smallest absolute Gasteiger partial charge is 0.312 e. The van der Waals surface area contributed by atoms with Crippen molar-refractivity contribution in [1.82, 2.24) is 9.97 Å². The molecule has 0 saturated heterocycles. The third-order valence-electron chi connectivity index (χ3n) is 3.48. The van der Waals surface area contributed by atoms with Crippen LogP contribution in [-0.2, 0) is 11.2 Å². The molecule has 0 radical (unpaired) electrons. The molecule has 1 aliphatic rings. The standard InChI is InChI=1S/C14H13ClN2O2/c15-9-6-4-8(5-7-9)13-16-11-3-1-2-10(14(18)19)12(11)17-13/h4-7,10H,1-3H2,(H,16,17)(H,18,19). The summed E-state index contributed by atoms with van der Waals surface area (Å²) in [5.74, 6) is -0.564. The number of halogens is 1. The number of hydrogen-bond acceptors (Lipinski definition) is 2. The SMILES string of the molecule is O=C(O)C1CCCc2[nH]c(-c3ccc(Cl)cc3)nc21. The minimum Gasteiger partial charge on any atom is -0.481 e. The topological polar surface area (TPSA) is 66.0 Å². The van der Waals surface area contributed by atoms with E-state index in [1.165, 1.54) is 0 Å². The van der Waals surface area contributed by atoms with E-state index >= 15 is 0 Å². The van der Waals surface area contributed by atoms with Gasteiger partial charge in [0.25, 0.3) is 0 Å². The fourth-order valence-electron chi connectivity index (χ4n) is 2.51. The van der Waals surface area contributed by atoms with E-state index in [2.05, 4.69) is 9.97 Å². The van der Waals surface area contributed by atoms with Crippen LogP contribution in [0.25, 0.3) is 11.4 Å². The van der Waals surface area contributed by atoms with E-state index in [9.17, 15) is 9.90 Å². The summed E-state index contributed by atoms with van der Waals surface area (Å²) < 4.78 is 0. The molecule has 2 aromatic rings. The molecule has 0 bridgehead atoms. The van der Waals surface area contributed by atoms with E-state index in [1.54, 1.807) is 12.1 Å². The van der Waals surface area contributed by atoms with Gasteiger partial charge >= 0.3 is 5.97 Å². The minimum atomic E-state index is -0.796. The van der Waals surface area contributed by atoms with Crippen LogP contribution < -0.4 is 0 Å². The number of imidazole rings is 1. The number of nitrogens with zero attached hydrogens (tertiary/aromatic N) is 1. The van der Waals surface area contributed by atoms with Gasteiger partial charge in [0.2, 0.25) is 0 Å². The summed E-state index contributed by atoms with van der Waals surface area (Å²) in [7, 11) is 0. The van der Waals surface area contributed by atoms with Gasteiger partial charge in [0.1, 0.15) is 11.7 Å². The Hall–Kier alpha value is -1.81. The molecular weight excluding hydrogens is 264 g/mol. The number of aromatic amines is 1. The Balaban J connectivity index is 2.02. The maximum absolute atomic E-state index is 11.2. The Morgan fingerprint density at radius 1 is 1.37 bits per heavy atom. The number of aliphatic carboxylic acids is 1. The van der Waals surface area contributed by atoms with Crippen molar-refractivity contribution < 1.29 is 9.90 Å². The van der Waals surface area contributed by atoms with Gasteiger partial charge in [-0.1, -0.05) is 11.6 Å². The van der Waals surface area contributed by atoms with E-state index in [-0.39, 0.29) is 0 Å². The first-order chi connectivity index (χ1) is 9.15. The second-order valence-electron chi connectivity index (χ2n) is 4.74. The Bertz CT molecular complexity index is 619. The number of aromatic nitrogens is 2. The quantitative estimate of drug-likeness (QED) is 0.885. The summed E-state index contributed by atoms with van der Waals surface area (Å²) >= 11 is 5.86. The first-order valence-corrected chi connectivity index (χ1v) is 6.60. The molecule has 1 unspecified atom stereocenters. The number of hydrogen-bond donors (Lipinski definition) is 2. The van der Waals surface area contributed by atoms with Crippen molar-refractivity contribution in [1.29, 1.82) is 0 Å². The number of H-pyrrole nitrogens is 1. The molecule has 0 spiro atoms. The van der Waals surface area contributed by atoms with Crippen molar-refractivity contribution in [2.24, 2.45) is 0 Å². The third kappa shape index (κ3) is 2.24. The number of carboxylic acids is 1. The van der Waals surface area contributed by atoms with Gasteiger partial charge in [-0.2, -0.15) is 0 Å². The summed E-state index contributed by atoms with van der Waals surface area (Å²) in [4.78, 5) is 18.9. The van der Waals surface area contributed by atoms with Crippen LogP contribution in [0, 0.1) is 0 Å². The molecule has 1 aromatic heterocycles. The van der Waals surface area contributed by atoms with Crippen LogP contribution in [0.1, 0.15) is 30.1 Å². The van der Waals surface area contributed by atoms with Gasteiger partial charge in [-0.25, -0.2) is 4.98 Å². The second-order valence-corrected chi connectivity index (χ2v) is 5.18. The van der Waals surface area contributed by atoms with Crippen LogP contribution >= 0.6 is 11.6 Å². The molecule has 1 aromatic carbocycles. The second kappa shape index (κ2) is 4.70. The molecule has 1 atom stereocenters. The highest BCUT2D eigenvalue weighted by atomic mass is 35.5. The minimum absolute atomic E-state index is 0.485. The lowest BCUT2D eigenvalue weighted by molar-refractivity contribution is -0.139. The van der Waals surface area contributed by atoms with Gasteiger partial charge in [-0.15, -0.1) is 0 Å². The van der Waals surface area contributed by atoms with E-state index in [0.29, 0.717) is 17.1 Å². The van der Waals surface area contributed by atoms with Gasteiger partial charge in [-0.05, 0) is 43.5 Å². The van der Waals surface area contributed by atoms with Crippen LogP contribution in [0.4, 0.5) is 0 Å². The zero-order chi connectivity index (χ0) is 13.4. The number of carboxylic acid groups (broad SMARTS) is 1. The van der Waals surface area contributed by atoms with Gasteiger partial charge in [-0.3, -0.25) is 4.79 Å². The summed E-state index contributed by atoms with van der Waals surface area (Å²) in [6, 6.07) is 7.35. The summed E-state index contributed by atoms with van der Waals surface area (Å²) in [5.41, 5.74) is 2.55. The first kappa shape index (κ1) is 12.2. The molecule has 5 heteroatoms. The van der Waals surface area contributed by atoms with Crippen molar-refractivity contribution in [3.63, 3.8) is 0 Å². The molecule has 3 rings (SSSR count). The number of fused-ring (bicyclic) bond motifs is 1. The van der Waals surface area contributed by atoms with Crippen LogP contribution in [0.3, 0.4) is 0 Å². The fourth-order valence-corrected chi connectivity index (χ4v) is 2.63. The summed E-state index contributed by atoms with van der Waals surface area (Å²) in [6.45, 7) is 0. The maximum atomic E-state index is 11.2. The molecule has 0 fully saturated rings. The molecule has 0 aliphatic heterocycles. The molecule has 2 N–H and O–H groups in total. The van der Waals surface area contributed by atoms with Crippen LogP contribution in [-0.4, -0.2) is 21.0 Å². The predicted molar refractivity (Wildman–Crippen MR) is 72.3 cm³/mol. The van der Waals surface area contributed by atoms with Crippen molar-refractivity contribution in [3.8, 4) is 11.4 Å². The highest BCUT2D eigenvalue weighted by Crippen LogP contribution is 2.32. The van der Waals surface area contributed by atoms with Crippen molar-refractivity contribution in [2.45, 2.75) is 25.2 Å². The molecule has 4 nitrogen and oxygen atoms in total. The van der Waals surface area contributed by atoms with E-state index in [0.717, 1.165) is 29.9 Å². The lowest BCUT2D eigenvalue weighted by Crippen LogP contribution is -2.17. The van der Waals surface area contributed by atoms with Crippen molar-refractivity contribution in [3.05, 3.63) is 40.7 Å². The van der Waals surface area contributed by atoms with Crippen molar-refractivity contribution >= 4 is 17.6 Å². The average Bonchev–Trinajstić information content (AvgIpc) is 2.82. The third-order valence-corrected chi connectivity index (χ3v) is 3.73. The molecule has 1 aliphatic carbocycles. The Morgan fingerprint density at radius 3 is 2.79 bits per heavy atom. The van der Waals surface area contributed by atoms with Crippen LogP contribution in [0.5, 0.6) is 0 Å². The first-order valence-electron chi connectivity index (χ1n) is 6.22. The maximum Gasteiger partial charge on any atom is 0.312 e. The van der Waals surface area contributed by atoms with Crippen LogP contribution in [0.15, 0.2) is 24.3 Å². The van der Waals surface area contributed by atoms with Gasteiger partial charge in [0.05, 0.1) is 5.69 Å². The Kier molecular flexibility index (Phi) is 3.03. The molecule has 0 saturated carbocycles. The summed E-state index contributed by atoms with van der Waals surface area (Å²) in [5, 5.41) is 9.90. The highest BCUT2D eigenvalue weighted by Gasteiger charge is 2.29. The zero-order valence-corrected chi connectivity index (χ0v) is 10.9. The van der Waals surface area contributed by atoms with E-state index in [4.69, 9.17) is 11.6 Å². The fraction of sp³-hybridized carbons (Fsp3) is 0.286. The molecule has 0 amide bonds. The van der Waals surface area contributed by atoms with Crippen LogP contribution in [0.2, 0.25) is 5.02 Å².